The van der Waals surface area contributed by atoms with Crippen LogP contribution in [0.2, 0.25) is 0 Å². The van der Waals surface area contributed by atoms with E-state index in [-0.39, 0.29) is 67.4 Å². The summed E-state index contributed by atoms with van der Waals surface area (Å²) in [7, 11) is -4.64. The van der Waals surface area contributed by atoms with Crippen molar-refractivity contribution >= 4 is 13.6 Å². The maximum atomic E-state index is 12.3. The van der Waals surface area contributed by atoms with Gasteiger partial charge in [0, 0.05) is 11.8 Å². The SMILES string of the molecule is C[C@]12CC[C@@H]3c4ccc(O)cc4CC[C@H]3[C@@H]1CCC2=O.O=P(O)(O)O.[H-].[H-].[Na+].[Na+]. The summed E-state index contributed by atoms with van der Waals surface area (Å²) in [5.41, 5.74) is 2.75. The average molecular weight is 416 g/mol. The molecule has 4 N–H and O–H groups in total. The van der Waals surface area contributed by atoms with Crippen LogP contribution in [0.4, 0.5) is 0 Å². The third-order valence-electron chi connectivity index (χ3n) is 6.42. The molecule has 6 nitrogen and oxygen atoms in total. The number of rotatable bonds is 0. The van der Waals surface area contributed by atoms with Crippen molar-refractivity contribution in [3.63, 3.8) is 0 Å². The zero-order chi connectivity index (χ0) is 18.4. The molecule has 0 aliphatic heterocycles. The van der Waals surface area contributed by atoms with Gasteiger partial charge in [-0.15, -0.1) is 0 Å². The van der Waals surface area contributed by atoms with Gasteiger partial charge in [0.2, 0.25) is 0 Å². The van der Waals surface area contributed by atoms with Gasteiger partial charge in [0.15, 0.2) is 0 Å². The van der Waals surface area contributed by atoms with Gasteiger partial charge in [-0.3, -0.25) is 4.79 Å². The van der Waals surface area contributed by atoms with Crippen LogP contribution in [-0.2, 0) is 15.8 Å². The Morgan fingerprint density at radius 3 is 2.37 bits per heavy atom. The molecule has 1 aromatic rings. The van der Waals surface area contributed by atoms with Gasteiger partial charge in [-0.1, -0.05) is 13.0 Å². The summed E-state index contributed by atoms with van der Waals surface area (Å²) < 4.78 is 8.88. The fourth-order valence-electron chi connectivity index (χ4n) is 5.34. The number of ketones is 1. The number of phenols is 1. The minimum atomic E-state index is -4.64. The van der Waals surface area contributed by atoms with E-state index in [4.69, 9.17) is 19.2 Å². The Morgan fingerprint density at radius 1 is 1.11 bits per heavy atom. The van der Waals surface area contributed by atoms with Crippen LogP contribution in [-0.4, -0.2) is 25.6 Å². The minimum absolute atomic E-state index is 0. The third kappa shape index (κ3) is 5.69. The molecule has 142 valence electrons. The standard InChI is InChI=1S/C18H22O2.2Na.H3O4P.2H/c1-18-9-8-14-13-5-3-12(19)10-11(13)2-4-15(14)16(18)6-7-17(18)20;;;1-5(2,3)4;;/h3,5,10,14-16,19H,2,4,6-9H2,1H3;;;(H3,1,2,3,4);;/q;2*+1;;2*-1/t14-,15-,16+,18+;;;;;/m1...../s1. The van der Waals surface area contributed by atoms with Crippen LogP contribution in [0.3, 0.4) is 0 Å². The molecule has 0 bridgehead atoms. The van der Waals surface area contributed by atoms with Crippen LogP contribution in [0.5, 0.6) is 5.75 Å². The predicted octanol–water partition coefficient (Wildman–Crippen LogP) is -2.88. The molecule has 3 aliphatic rings. The molecule has 0 radical (unpaired) electrons. The molecular weight excluding hydrogens is 389 g/mol. The number of aryl methyl sites for hydroxylation is 1. The number of aromatic hydroxyl groups is 1. The van der Waals surface area contributed by atoms with Crippen LogP contribution in [0, 0.1) is 17.3 Å². The van der Waals surface area contributed by atoms with Crippen molar-refractivity contribution in [3.05, 3.63) is 29.3 Å². The number of hydrogen-bond acceptors (Lipinski definition) is 3. The van der Waals surface area contributed by atoms with Gasteiger partial charge in [0.1, 0.15) is 11.5 Å². The molecule has 9 heteroatoms. The quantitative estimate of drug-likeness (QED) is 0.267. The van der Waals surface area contributed by atoms with Crippen LogP contribution >= 0.6 is 7.82 Å². The summed E-state index contributed by atoms with van der Waals surface area (Å²) in [5, 5.41) is 9.67. The molecule has 2 fully saturated rings. The van der Waals surface area contributed by atoms with E-state index in [1.54, 1.807) is 0 Å². The number of carbonyl (C=O) groups is 1. The van der Waals surface area contributed by atoms with E-state index in [9.17, 15) is 9.90 Å². The first-order chi connectivity index (χ1) is 11.6. The molecule has 3 aliphatic carbocycles. The summed E-state index contributed by atoms with van der Waals surface area (Å²) in [6, 6.07) is 5.90. The first kappa shape index (κ1) is 25.8. The van der Waals surface area contributed by atoms with E-state index in [0.717, 1.165) is 32.1 Å². The van der Waals surface area contributed by atoms with Crippen molar-refractivity contribution < 1.29 is 91.1 Å². The van der Waals surface area contributed by atoms with E-state index in [1.807, 2.05) is 12.1 Å². The van der Waals surface area contributed by atoms with E-state index >= 15 is 0 Å². The number of fused-ring (bicyclic) bond motifs is 5. The van der Waals surface area contributed by atoms with Gasteiger partial charge in [-0.05, 0) is 73.1 Å². The molecule has 0 aromatic heterocycles. The van der Waals surface area contributed by atoms with Crippen molar-refractivity contribution in [1.82, 2.24) is 0 Å². The Morgan fingerprint density at radius 2 is 1.74 bits per heavy atom. The normalized spacial score (nSPS) is 31.1. The summed E-state index contributed by atoms with van der Waals surface area (Å²) in [6.45, 7) is 2.22. The predicted molar refractivity (Wildman–Crippen MR) is 94.2 cm³/mol. The Labute approximate surface area is 206 Å². The largest absolute Gasteiger partial charge is 1.00 e. The molecule has 1 aromatic carbocycles. The second-order valence-corrected chi connectivity index (χ2v) is 8.76. The Bertz CT molecular complexity index is 739. The molecule has 2 saturated carbocycles. The average Bonchev–Trinajstić information content (AvgIpc) is 2.81. The number of phenolic OH excluding ortho intramolecular Hbond substituents is 1. The summed E-state index contributed by atoms with van der Waals surface area (Å²) in [5.74, 6) is 2.78. The number of benzene rings is 1. The molecule has 4 atom stereocenters. The van der Waals surface area contributed by atoms with E-state index in [1.165, 1.54) is 17.5 Å². The smallest absolute Gasteiger partial charge is 1.00 e. The van der Waals surface area contributed by atoms with Gasteiger partial charge >= 0.3 is 66.9 Å². The molecule has 0 unspecified atom stereocenters. The van der Waals surface area contributed by atoms with Gasteiger partial charge in [0.25, 0.3) is 0 Å². The second-order valence-electron chi connectivity index (χ2n) is 7.73. The Kier molecular flexibility index (Phi) is 9.32. The van der Waals surface area contributed by atoms with Crippen LogP contribution in [0.25, 0.3) is 0 Å². The van der Waals surface area contributed by atoms with Crippen molar-refractivity contribution in [2.45, 2.75) is 51.4 Å². The number of hydrogen-bond donors (Lipinski definition) is 4. The topological polar surface area (TPSA) is 115 Å². The molecule has 0 saturated heterocycles. The molecule has 0 amide bonds. The number of phosphoric acid groups is 1. The van der Waals surface area contributed by atoms with E-state index in [0.29, 0.717) is 29.3 Å². The van der Waals surface area contributed by atoms with Crippen molar-refractivity contribution in [2.24, 2.45) is 17.3 Å². The fourth-order valence-corrected chi connectivity index (χ4v) is 5.34. The number of Topliss-reactive ketones (excluding diaryl/α,β-unsaturated/α-hetero) is 1. The molecule has 27 heavy (non-hydrogen) atoms. The third-order valence-corrected chi connectivity index (χ3v) is 6.42. The first-order valence-corrected chi connectivity index (χ1v) is 10.3. The second kappa shape index (κ2) is 9.74. The van der Waals surface area contributed by atoms with Crippen LogP contribution in [0.15, 0.2) is 18.2 Å². The molecule has 0 heterocycles. The zero-order valence-electron chi connectivity index (χ0n) is 18.3. The van der Waals surface area contributed by atoms with Crippen LogP contribution in [0.1, 0.15) is 58.9 Å². The van der Waals surface area contributed by atoms with Gasteiger partial charge in [0.05, 0.1) is 0 Å². The van der Waals surface area contributed by atoms with Gasteiger partial charge in [-0.25, -0.2) is 4.57 Å². The molecule has 0 spiro atoms. The molecular formula is C18H27Na2O6P. The van der Waals surface area contributed by atoms with Crippen molar-refractivity contribution in [2.75, 3.05) is 0 Å². The Hall–Kier alpha value is 0.800. The maximum Gasteiger partial charge on any atom is 1.00 e. The maximum absolute atomic E-state index is 12.3. The van der Waals surface area contributed by atoms with Crippen molar-refractivity contribution in [1.29, 1.82) is 0 Å². The van der Waals surface area contributed by atoms with E-state index < -0.39 is 7.82 Å². The first-order valence-electron chi connectivity index (χ1n) is 8.73. The Balaban J connectivity index is 0. The minimum Gasteiger partial charge on any atom is -1.00 e. The molecule has 4 rings (SSSR count). The summed E-state index contributed by atoms with van der Waals surface area (Å²) in [4.78, 5) is 33.8. The van der Waals surface area contributed by atoms with Crippen molar-refractivity contribution in [3.8, 4) is 5.75 Å². The van der Waals surface area contributed by atoms with Gasteiger partial charge < -0.3 is 22.6 Å². The number of carbonyl (C=O) groups excluding carboxylic acids is 1. The zero-order valence-corrected chi connectivity index (χ0v) is 21.2. The van der Waals surface area contributed by atoms with Crippen LogP contribution < -0.4 is 59.1 Å². The van der Waals surface area contributed by atoms with E-state index in [2.05, 4.69) is 13.0 Å². The van der Waals surface area contributed by atoms with Gasteiger partial charge in [-0.2, -0.15) is 0 Å². The summed E-state index contributed by atoms with van der Waals surface area (Å²) >= 11 is 0. The monoisotopic (exact) mass is 416 g/mol. The fraction of sp³-hybridized carbons (Fsp3) is 0.611. The summed E-state index contributed by atoms with van der Waals surface area (Å²) in [6.07, 6.45) is 6.34.